The van der Waals surface area contributed by atoms with Crippen LogP contribution in [0.5, 0.6) is 0 Å². The average Bonchev–Trinajstić information content (AvgIpc) is 2.78. The molecule has 3 N–H and O–H groups in total. The Hall–Kier alpha value is -1.06. The third kappa shape index (κ3) is 6.72. The number of ether oxygens (including phenoxy) is 1. The molecule has 2 unspecified atom stereocenters. The standard InChI is InChI=1S/C9H15FN3O13P3/c10-6-7(14)4(24-8(6)13-2-1-5(11)12-9(13)15)3-23-28(19,20)26-29(21,22)25-27(16,17)18/h1-2,4,6-8,14H,3H2,(H,19,20)(H,21,22)(H2,11,12,15)(H2,16,17,18)/p-4/t4-,6-,7-,8-/m1/s1. The minimum Gasteiger partial charge on any atom is -0.790 e. The number of alkyl halides is 1. The summed E-state index contributed by atoms with van der Waals surface area (Å²) in [6.45, 7) is -1.22. The molecule has 1 saturated heterocycles. The van der Waals surface area contributed by atoms with Gasteiger partial charge in [-0.1, -0.05) is 0 Å². The molecule has 1 aromatic heterocycles. The van der Waals surface area contributed by atoms with E-state index in [0.717, 1.165) is 12.3 Å². The fourth-order valence-electron chi connectivity index (χ4n) is 2.13. The number of phosphoric acid groups is 3. The molecule has 0 aliphatic carbocycles. The lowest BCUT2D eigenvalue weighted by molar-refractivity contribution is -0.339. The van der Waals surface area contributed by atoms with E-state index in [9.17, 15) is 47.6 Å². The maximum atomic E-state index is 14.2. The Morgan fingerprint density at radius 1 is 1.24 bits per heavy atom. The van der Waals surface area contributed by atoms with Crippen LogP contribution >= 0.6 is 23.5 Å². The van der Waals surface area contributed by atoms with Crippen LogP contribution in [-0.2, 0) is 31.6 Å². The molecule has 20 heteroatoms. The molecule has 1 aromatic rings. The van der Waals surface area contributed by atoms with Crippen molar-refractivity contribution in [2.45, 2.75) is 24.6 Å². The highest BCUT2D eigenvalue weighted by atomic mass is 31.3. The molecule has 166 valence electrons. The van der Waals surface area contributed by atoms with Crippen molar-refractivity contribution < 1.29 is 60.6 Å². The van der Waals surface area contributed by atoms with Crippen molar-refractivity contribution in [2.24, 2.45) is 0 Å². The molecule has 16 nitrogen and oxygen atoms in total. The molecule has 1 aliphatic rings. The number of halogens is 1. The zero-order valence-corrected chi connectivity index (χ0v) is 16.4. The highest BCUT2D eigenvalue weighted by Crippen LogP contribution is 2.60. The zero-order valence-electron chi connectivity index (χ0n) is 13.7. The van der Waals surface area contributed by atoms with E-state index in [4.69, 9.17) is 10.5 Å². The quantitative estimate of drug-likeness (QED) is 0.338. The second-order valence-corrected chi connectivity index (χ2v) is 9.59. The van der Waals surface area contributed by atoms with Crippen LogP contribution < -0.4 is 31.0 Å². The predicted molar refractivity (Wildman–Crippen MR) is 78.7 cm³/mol. The summed E-state index contributed by atoms with van der Waals surface area (Å²) in [6.07, 6.45) is -6.81. The second-order valence-electron chi connectivity index (χ2n) is 5.34. The summed E-state index contributed by atoms with van der Waals surface area (Å²) in [5.74, 6) is -0.186. The van der Waals surface area contributed by atoms with Gasteiger partial charge in [0.05, 0.1) is 14.4 Å². The first-order valence-corrected chi connectivity index (χ1v) is 11.5. The summed E-state index contributed by atoms with van der Waals surface area (Å²) in [4.78, 5) is 58.0. The Labute approximate surface area is 160 Å². The molecule has 6 atom stereocenters. The number of nitrogen functional groups attached to an aromatic ring is 1. The zero-order chi connectivity index (χ0) is 22.2. The van der Waals surface area contributed by atoms with Crippen LogP contribution in [0.3, 0.4) is 0 Å². The Kier molecular flexibility index (Phi) is 7.17. The highest BCUT2D eigenvalue weighted by Gasteiger charge is 2.46. The lowest BCUT2D eigenvalue weighted by Gasteiger charge is -2.37. The Morgan fingerprint density at radius 3 is 2.41 bits per heavy atom. The van der Waals surface area contributed by atoms with Crippen LogP contribution in [0.25, 0.3) is 0 Å². The fourth-order valence-corrected chi connectivity index (χ4v) is 5.00. The SMILES string of the molecule is Nc1ccn([C@@H]2O[C@H](COP(=O)([O-])OP(=O)([O-])OP(=O)([O-])[O-])[C@@H](O)[C@H]2F)c(=O)n1. The number of hydrogen-bond donors (Lipinski definition) is 2. The van der Waals surface area contributed by atoms with Gasteiger partial charge in [-0.15, -0.1) is 0 Å². The summed E-state index contributed by atoms with van der Waals surface area (Å²) in [6, 6.07) is 1.11. The van der Waals surface area contributed by atoms with Gasteiger partial charge in [0.1, 0.15) is 18.0 Å². The van der Waals surface area contributed by atoms with E-state index in [1.54, 1.807) is 0 Å². The number of aliphatic hydroxyl groups is 1. The Bertz CT molecular complexity index is 951. The van der Waals surface area contributed by atoms with Crippen LogP contribution in [-0.4, -0.2) is 39.6 Å². The van der Waals surface area contributed by atoms with Crippen molar-refractivity contribution in [2.75, 3.05) is 12.3 Å². The van der Waals surface area contributed by atoms with Crippen molar-refractivity contribution in [1.29, 1.82) is 0 Å². The maximum Gasteiger partial charge on any atom is 0.351 e. The maximum absolute atomic E-state index is 14.2. The molecule has 0 radical (unpaired) electrons. The summed E-state index contributed by atoms with van der Waals surface area (Å²) in [7, 11) is -18.2. The third-order valence-corrected chi connectivity index (χ3v) is 6.88. The molecule has 0 amide bonds. The molecule has 2 rings (SSSR count). The van der Waals surface area contributed by atoms with Gasteiger partial charge in [-0.3, -0.25) is 18.0 Å². The minimum absolute atomic E-state index is 0.186. The van der Waals surface area contributed by atoms with E-state index < -0.39 is 60.4 Å². The van der Waals surface area contributed by atoms with Crippen molar-refractivity contribution in [3.63, 3.8) is 0 Å². The van der Waals surface area contributed by atoms with Gasteiger partial charge in [0.15, 0.2) is 12.4 Å². The molecule has 29 heavy (non-hydrogen) atoms. The van der Waals surface area contributed by atoms with E-state index >= 15 is 0 Å². The van der Waals surface area contributed by atoms with Gasteiger partial charge in [-0.05, 0) is 6.07 Å². The normalized spacial score (nSPS) is 29.3. The van der Waals surface area contributed by atoms with E-state index in [1.165, 1.54) is 0 Å². The summed E-state index contributed by atoms with van der Waals surface area (Å²) < 4.78 is 62.9. The number of nitrogens with two attached hydrogens (primary N) is 1. The number of rotatable bonds is 8. The van der Waals surface area contributed by atoms with Crippen LogP contribution in [0, 0.1) is 0 Å². The molecule has 1 aliphatic heterocycles. The van der Waals surface area contributed by atoms with Gasteiger partial charge in [0, 0.05) is 6.20 Å². The lowest BCUT2D eigenvalue weighted by Crippen LogP contribution is -2.33. The average molecular weight is 481 g/mol. The first-order chi connectivity index (χ1) is 13.1. The number of nitrogens with zero attached hydrogens (tertiary/aromatic N) is 2. The van der Waals surface area contributed by atoms with Gasteiger partial charge >= 0.3 is 5.69 Å². The Balaban J connectivity index is 2.05. The van der Waals surface area contributed by atoms with Crippen LogP contribution in [0.15, 0.2) is 17.1 Å². The number of hydrogen-bond acceptors (Lipinski definition) is 15. The molecule has 0 aromatic carbocycles. The van der Waals surface area contributed by atoms with Gasteiger partial charge < -0.3 is 44.2 Å². The minimum atomic E-state index is -6.18. The summed E-state index contributed by atoms with van der Waals surface area (Å²) in [5, 5.41) is 9.78. The van der Waals surface area contributed by atoms with Gasteiger partial charge in [-0.2, -0.15) is 4.98 Å². The second kappa shape index (κ2) is 8.59. The smallest absolute Gasteiger partial charge is 0.351 e. The topological polar surface area (TPSA) is 262 Å². The number of aromatic nitrogens is 2. The molecule has 0 bridgehead atoms. The van der Waals surface area contributed by atoms with E-state index in [1.807, 2.05) is 0 Å². The molecule has 0 spiro atoms. The highest BCUT2D eigenvalue weighted by molar-refractivity contribution is 7.64. The van der Waals surface area contributed by atoms with Crippen LogP contribution in [0.4, 0.5) is 10.2 Å². The first-order valence-electron chi connectivity index (χ1n) is 7.14. The van der Waals surface area contributed by atoms with Crippen molar-refractivity contribution in [3.8, 4) is 0 Å². The van der Waals surface area contributed by atoms with E-state index in [2.05, 4.69) is 18.1 Å². The van der Waals surface area contributed by atoms with Crippen molar-refractivity contribution in [1.82, 2.24) is 9.55 Å². The number of phosphoric ester groups is 1. The number of anilines is 1. The third-order valence-electron chi connectivity index (χ3n) is 3.22. The monoisotopic (exact) mass is 481 g/mol. The van der Waals surface area contributed by atoms with E-state index in [-0.39, 0.29) is 5.82 Å². The van der Waals surface area contributed by atoms with Gasteiger partial charge in [0.2, 0.25) is 0 Å². The summed E-state index contributed by atoms with van der Waals surface area (Å²) in [5.41, 5.74) is 4.23. The summed E-state index contributed by atoms with van der Waals surface area (Å²) >= 11 is 0. The molecular weight excluding hydrogens is 470 g/mol. The fraction of sp³-hybridized carbons (Fsp3) is 0.556. The molecule has 0 saturated carbocycles. The predicted octanol–water partition coefficient (Wildman–Crippen LogP) is -3.76. The van der Waals surface area contributed by atoms with Crippen molar-refractivity contribution in [3.05, 3.63) is 22.7 Å². The van der Waals surface area contributed by atoms with Crippen LogP contribution in [0.1, 0.15) is 6.23 Å². The first kappa shape index (κ1) is 24.2. The van der Waals surface area contributed by atoms with Gasteiger partial charge in [-0.25, -0.2) is 13.5 Å². The Morgan fingerprint density at radius 2 is 1.86 bits per heavy atom. The van der Waals surface area contributed by atoms with Crippen molar-refractivity contribution >= 4 is 29.3 Å². The number of aliphatic hydroxyl groups excluding tert-OH is 1. The lowest BCUT2D eigenvalue weighted by atomic mass is 10.1. The largest absolute Gasteiger partial charge is 0.790 e. The molecular formula is C9H11FN3O13P3-4. The molecule has 1 fully saturated rings. The van der Waals surface area contributed by atoms with E-state index in [0.29, 0.717) is 4.57 Å². The van der Waals surface area contributed by atoms with Gasteiger partial charge in [0.25, 0.3) is 15.6 Å². The van der Waals surface area contributed by atoms with Crippen LogP contribution in [0.2, 0.25) is 0 Å². The molecule has 2 heterocycles.